The average molecular weight is 297 g/mol. The number of aliphatic hydroxyl groups is 1. The Morgan fingerprint density at radius 1 is 1.14 bits per heavy atom. The lowest BCUT2D eigenvalue weighted by atomic mass is 9.80. The van der Waals surface area contributed by atoms with Crippen molar-refractivity contribution in [1.29, 1.82) is 0 Å². The molecule has 1 aliphatic heterocycles. The van der Waals surface area contributed by atoms with Crippen molar-refractivity contribution in [3.05, 3.63) is 35.0 Å². The highest BCUT2D eigenvalue weighted by Crippen LogP contribution is 2.43. The van der Waals surface area contributed by atoms with Crippen LogP contribution < -0.4 is 0 Å². The lowest BCUT2D eigenvalue weighted by Gasteiger charge is -2.36. The summed E-state index contributed by atoms with van der Waals surface area (Å²) in [6, 6.07) is 7.45. The van der Waals surface area contributed by atoms with E-state index < -0.39 is 0 Å². The predicted molar refractivity (Wildman–Crippen MR) is 91.4 cm³/mol. The van der Waals surface area contributed by atoms with E-state index in [0.717, 1.165) is 12.3 Å². The van der Waals surface area contributed by atoms with Crippen molar-refractivity contribution in [2.24, 2.45) is 5.92 Å². The zero-order valence-corrected chi connectivity index (χ0v) is 13.6. The summed E-state index contributed by atoms with van der Waals surface area (Å²) >= 11 is 0. The van der Waals surface area contributed by atoms with E-state index >= 15 is 0 Å². The molecule has 118 valence electrons. The SMILES string of the molecule is Cc1c(CCO)c2cccc3c2n1C(C1CCCCC1)CC3. The molecule has 2 aromatic rings. The van der Waals surface area contributed by atoms with Crippen LogP contribution in [0.3, 0.4) is 0 Å². The lowest BCUT2D eigenvalue weighted by molar-refractivity contribution is 0.234. The Bertz CT molecular complexity index is 679. The maximum Gasteiger partial charge on any atom is 0.0520 e. The summed E-state index contributed by atoms with van der Waals surface area (Å²) in [6.07, 6.45) is 10.4. The molecule has 1 aromatic heterocycles. The summed E-state index contributed by atoms with van der Waals surface area (Å²) in [5.74, 6) is 0.860. The van der Waals surface area contributed by atoms with Crippen LogP contribution in [-0.2, 0) is 12.8 Å². The highest BCUT2D eigenvalue weighted by molar-refractivity contribution is 5.89. The van der Waals surface area contributed by atoms with Crippen LogP contribution in [0.15, 0.2) is 18.2 Å². The standard InChI is InChI=1S/C20H27NO/c1-14-17(12-13-22)18-9-5-8-16-10-11-19(21(14)20(16)18)15-6-3-2-4-7-15/h5,8-9,15,19,22H,2-4,6-7,10-13H2,1H3. The first-order chi connectivity index (χ1) is 10.8. The molecule has 2 heterocycles. The van der Waals surface area contributed by atoms with Crippen LogP contribution in [0.25, 0.3) is 10.9 Å². The van der Waals surface area contributed by atoms with E-state index in [1.54, 1.807) is 0 Å². The second-order valence-electron chi connectivity index (χ2n) is 7.22. The molecule has 2 nitrogen and oxygen atoms in total. The van der Waals surface area contributed by atoms with Crippen molar-refractivity contribution >= 4 is 10.9 Å². The van der Waals surface area contributed by atoms with Gasteiger partial charge in [0.25, 0.3) is 0 Å². The van der Waals surface area contributed by atoms with Gasteiger partial charge < -0.3 is 9.67 Å². The molecular weight excluding hydrogens is 270 g/mol. The summed E-state index contributed by atoms with van der Waals surface area (Å²) in [4.78, 5) is 0. The minimum atomic E-state index is 0.248. The van der Waals surface area contributed by atoms with Crippen molar-refractivity contribution in [3.63, 3.8) is 0 Å². The summed E-state index contributed by atoms with van der Waals surface area (Å²) < 4.78 is 2.66. The Balaban J connectivity index is 1.87. The minimum Gasteiger partial charge on any atom is -0.396 e. The third kappa shape index (κ3) is 2.11. The van der Waals surface area contributed by atoms with Crippen molar-refractivity contribution < 1.29 is 5.11 Å². The van der Waals surface area contributed by atoms with Crippen molar-refractivity contribution in [2.75, 3.05) is 6.61 Å². The third-order valence-electron chi connectivity index (χ3n) is 6.08. The van der Waals surface area contributed by atoms with E-state index in [4.69, 9.17) is 0 Å². The summed E-state index contributed by atoms with van der Waals surface area (Å²) in [6.45, 7) is 2.52. The second-order valence-corrected chi connectivity index (χ2v) is 7.22. The van der Waals surface area contributed by atoms with Gasteiger partial charge in [-0.2, -0.15) is 0 Å². The van der Waals surface area contributed by atoms with Gasteiger partial charge in [-0.15, -0.1) is 0 Å². The molecule has 1 saturated carbocycles. The highest BCUT2D eigenvalue weighted by Gasteiger charge is 2.31. The van der Waals surface area contributed by atoms with Gasteiger partial charge in [-0.3, -0.25) is 0 Å². The molecule has 1 atom stereocenters. The zero-order chi connectivity index (χ0) is 15.1. The Morgan fingerprint density at radius 3 is 2.73 bits per heavy atom. The number of nitrogens with zero attached hydrogens (tertiary/aromatic N) is 1. The zero-order valence-electron chi connectivity index (χ0n) is 13.6. The summed E-state index contributed by atoms with van der Waals surface area (Å²) in [7, 11) is 0. The number of aromatic nitrogens is 1. The first-order valence-electron chi connectivity index (χ1n) is 9.03. The van der Waals surface area contributed by atoms with Gasteiger partial charge in [0.2, 0.25) is 0 Å². The van der Waals surface area contributed by atoms with Gasteiger partial charge in [0.05, 0.1) is 5.52 Å². The summed E-state index contributed by atoms with van der Waals surface area (Å²) in [5, 5.41) is 10.9. The fourth-order valence-corrected chi connectivity index (χ4v) is 5.07. The summed E-state index contributed by atoms with van der Waals surface area (Å²) in [5.41, 5.74) is 5.77. The Morgan fingerprint density at radius 2 is 1.95 bits per heavy atom. The first kappa shape index (κ1) is 14.3. The molecule has 0 bridgehead atoms. The molecule has 1 aliphatic carbocycles. The van der Waals surface area contributed by atoms with Crippen LogP contribution >= 0.6 is 0 Å². The number of aliphatic hydroxyl groups excluding tert-OH is 1. The number of benzene rings is 1. The quantitative estimate of drug-likeness (QED) is 0.883. The number of aryl methyl sites for hydroxylation is 1. The van der Waals surface area contributed by atoms with E-state index in [1.807, 2.05) is 0 Å². The number of rotatable bonds is 3. The number of hydrogen-bond acceptors (Lipinski definition) is 1. The highest BCUT2D eigenvalue weighted by atomic mass is 16.2. The van der Waals surface area contributed by atoms with Crippen molar-refractivity contribution in [1.82, 2.24) is 4.57 Å². The van der Waals surface area contributed by atoms with E-state index in [1.165, 1.54) is 72.7 Å². The molecular formula is C20H27NO. The molecule has 1 fully saturated rings. The maximum absolute atomic E-state index is 9.48. The van der Waals surface area contributed by atoms with E-state index in [2.05, 4.69) is 29.7 Å². The second kappa shape index (κ2) is 5.73. The van der Waals surface area contributed by atoms with E-state index in [0.29, 0.717) is 6.04 Å². The molecule has 1 aromatic carbocycles. The fraction of sp³-hybridized carbons (Fsp3) is 0.600. The van der Waals surface area contributed by atoms with E-state index in [-0.39, 0.29) is 6.61 Å². The average Bonchev–Trinajstić information content (AvgIpc) is 2.85. The van der Waals surface area contributed by atoms with Gasteiger partial charge in [-0.25, -0.2) is 0 Å². The normalized spacial score (nSPS) is 22.4. The third-order valence-corrected chi connectivity index (χ3v) is 6.08. The Labute approximate surface area is 133 Å². The molecule has 0 spiro atoms. The first-order valence-corrected chi connectivity index (χ1v) is 9.03. The molecule has 2 heteroatoms. The van der Waals surface area contributed by atoms with Gasteiger partial charge in [0, 0.05) is 23.7 Å². The predicted octanol–water partition coefficient (Wildman–Crippen LogP) is 4.55. The Hall–Kier alpha value is -1.28. The molecule has 4 rings (SSSR count). The number of hydrogen-bond donors (Lipinski definition) is 1. The van der Waals surface area contributed by atoms with Crippen molar-refractivity contribution in [3.8, 4) is 0 Å². The minimum absolute atomic E-state index is 0.248. The van der Waals surface area contributed by atoms with Crippen LogP contribution in [0.2, 0.25) is 0 Å². The van der Waals surface area contributed by atoms with Gasteiger partial charge in [0.1, 0.15) is 0 Å². The van der Waals surface area contributed by atoms with Crippen LogP contribution in [0, 0.1) is 12.8 Å². The Kier molecular flexibility index (Phi) is 3.73. The smallest absolute Gasteiger partial charge is 0.0520 e. The van der Waals surface area contributed by atoms with Crippen LogP contribution in [-0.4, -0.2) is 16.3 Å². The van der Waals surface area contributed by atoms with Gasteiger partial charge in [-0.1, -0.05) is 37.5 Å². The molecule has 22 heavy (non-hydrogen) atoms. The molecule has 0 saturated heterocycles. The van der Waals surface area contributed by atoms with Crippen molar-refractivity contribution in [2.45, 2.75) is 64.3 Å². The molecule has 1 N–H and O–H groups in total. The van der Waals surface area contributed by atoms with E-state index in [9.17, 15) is 5.11 Å². The van der Waals surface area contributed by atoms with Gasteiger partial charge in [0.15, 0.2) is 0 Å². The fourth-order valence-electron chi connectivity index (χ4n) is 5.07. The largest absolute Gasteiger partial charge is 0.396 e. The molecule has 0 amide bonds. The topological polar surface area (TPSA) is 25.2 Å². The van der Waals surface area contributed by atoms with Crippen LogP contribution in [0.4, 0.5) is 0 Å². The molecule has 2 aliphatic rings. The monoisotopic (exact) mass is 297 g/mol. The van der Waals surface area contributed by atoms with Crippen LogP contribution in [0.1, 0.15) is 61.4 Å². The maximum atomic E-state index is 9.48. The van der Waals surface area contributed by atoms with Gasteiger partial charge >= 0.3 is 0 Å². The lowest BCUT2D eigenvalue weighted by Crippen LogP contribution is -2.26. The number of para-hydroxylation sites is 1. The van der Waals surface area contributed by atoms with Gasteiger partial charge in [-0.05, 0) is 56.1 Å². The molecule has 1 unspecified atom stereocenters. The molecule has 0 radical (unpaired) electrons. The van der Waals surface area contributed by atoms with Crippen LogP contribution in [0.5, 0.6) is 0 Å².